The molecule has 0 aliphatic carbocycles. The molecule has 0 aromatic heterocycles. The molecule has 0 aliphatic heterocycles. The zero-order valence-electron chi connectivity index (χ0n) is 34.9. The van der Waals surface area contributed by atoms with Crippen molar-refractivity contribution in [2.75, 3.05) is 61.5 Å². The van der Waals surface area contributed by atoms with Gasteiger partial charge in [-0.1, -0.05) is 189 Å². The molecule has 0 bridgehead atoms. The van der Waals surface area contributed by atoms with E-state index in [2.05, 4.69) is 63.1 Å². The smallest absolute Gasteiger partial charge is 0.0780 e. The van der Waals surface area contributed by atoms with Crippen molar-refractivity contribution in [2.24, 2.45) is 0 Å². The molecule has 5 nitrogen and oxygen atoms in total. The lowest BCUT2D eigenvalue weighted by Crippen LogP contribution is -2.35. The van der Waals surface area contributed by atoms with Crippen molar-refractivity contribution in [3.05, 3.63) is 0 Å². The average Bonchev–Trinajstić information content (AvgIpc) is 2.99. The van der Waals surface area contributed by atoms with Gasteiger partial charge in [0.2, 0.25) is 0 Å². The molecule has 0 rings (SSSR count). The number of nitrogens with zero attached hydrogens (tertiary/aromatic N) is 2. The SMILES string of the molecule is CCCCCCCCCCCCP(=O)([O-])[O-].CCCCCCCCCCCC[N+](C)(C)C.CCCCCCCCCCCC[N+](C)(C)C. The molecule has 0 unspecified atom stereocenters. The van der Waals surface area contributed by atoms with Crippen molar-refractivity contribution in [1.82, 2.24) is 0 Å². The van der Waals surface area contributed by atoms with Gasteiger partial charge in [0.15, 0.2) is 0 Å². The first-order valence-electron chi connectivity index (χ1n) is 21.3. The molecule has 0 amide bonds. The molecule has 0 saturated carbocycles. The third kappa shape index (κ3) is 61.3. The van der Waals surface area contributed by atoms with Crippen LogP contribution in [0.2, 0.25) is 0 Å². The van der Waals surface area contributed by atoms with E-state index in [0.29, 0.717) is 6.42 Å². The molecular weight excluding hydrogens is 611 g/mol. The summed E-state index contributed by atoms with van der Waals surface area (Å²) in [4.78, 5) is 20.7. The van der Waals surface area contributed by atoms with Crippen LogP contribution in [0.25, 0.3) is 0 Å². The lowest BCUT2D eigenvalue weighted by molar-refractivity contribution is -0.870. The third-order valence-corrected chi connectivity index (χ3v) is 10.0. The van der Waals surface area contributed by atoms with E-state index in [1.807, 2.05) is 0 Å². The molecule has 0 aromatic carbocycles. The summed E-state index contributed by atoms with van der Waals surface area (Å²) >= 11 is 0. The summed E-state index contributed by atoms with van der Waals surface area (Å²) in [7, 11) is 9.47. The highest BCUT2D eigenvalue weighted by Crippen LogP contribution is 2.25. The number of hydrogen-bond donors (Lipinski definition) is 0. The van der Waals surface area contributed by atoms with Gasteiger partial charge < -0.3 is 23.3 Å². The predicted octanol–water partition coefficient (Wildman–Crippen LogP) is 12.0. The molecule has 0 heterocycles. The van der Waals surface area contributed by atoms with Gasteiger partial charge in [0.05, 0.1) is 55.4 Å². The van der Waals surface area contributed by atoms with Crippen LogP contribution in [0.15, 0.2) is 0 Å². The highest BCUT2D eigenvalue weighted by atomic mass is 31.2. The Hall–Kier alpha value is 0.0700. The van der Waals surface area contributed by atoms with E-state index in [0.717, 1.165) is 21.8 Å². The van der Waals surface area contributed by atoms with Crippen LogP contribution in [0.3, 0.4) is 0 Å². The van der Waals surface area contributed by atoms with E-state index >= 15 is 0 Å². The predicted molar refractivity (Wildman–Crippen MR) is 214 cm³/mol. The van der Waals surface area contributed by atoms with E-state index in [1.165, 1.54) is 186 Å². The molecule has 0 spiro atoms. The van der Waals surface area contributed by atoms with Crippen LogP contribution in [-0.4, -0.2) is 70.5 Å². The normalized spacial score (nSPS) is 12.0. The van der Waals surface area contributed by atoms with Crippen molar-refractivity contribution >= 4 is 7.60 Å². The van der Waals surface area contributed by atoms with E-state index in [4.69, 9.17) is 0 Å². The summed E-state index contributed by atoms with van der Waals surface area (Å²) in [6.45, 7) is 9.44. The third-order valence-electron chi connectivity index (χ3n) is 9.15. The molecule has 294 valence electrons. The fourth-order valence-electron chi connectivity index (χ4n) is 5.94. The van der Waals surface area contributed by atoms with Crippen LogP contribution in [-0.2, 0) is 4.57 Å². The minimum Gasteiger partial charge on any atom is -0.811 e. The van der Waals surface area contributed by atoms with Gasteiger partial charge in [0.1, 0.15) is 0 Å². The number of rotatable bonds is 33. The Morgan fingerprint density at radius 2 is 0.521 bits per heavy atom. The lowest BCUT2D eigenvalue weighted by atomic mass is 10.1. The van der Waals surface area contributed by atoms with Crippen LogP contribution in [0.5, 0.6) is 0 Å². The van der Waals surface area contributed by atoms with Gasteiger partial charge in [-0.25, -0.2) is 0 Å². The van der Waals surface area contributed by atoms with E-state index in [1.54, 1.807) is 0 Å². The maximum Gasteiger partial charge on any atom is 0.0780 e. The molecule has 0 aromatic rings. The Bertz CT molecular complexity index is 606. The zero-order chi connectivity index (χ0) is 36.8. The summed E-state index contributed by atoms with van der Waals surface area (Å²) in [5.41, 5.74) is 0. The number of unbranched alkanes of at least 4 members (excludes halogenated alkanes) is 27. The lowest BCUT2D eigenvalue weighted by Gasteiger charge is -2.29. The van der Waals surface area contributed by atoms with Crippen molar-refractivity contribution in [2.45, 2.75) is 213 Å². The Morgan fingerprint density at radius 3 is 0.708 bits per heavy atom. The summed E-state index contributed by atoms with van der Waals surface area (Å²) in [5.74, 6) is 0. The summed E-state index contributed by atoms with van der Waals surface area (Å²) in [6, 6.07) is 0. The topological polar surface area (TPSA) is 63.2 Å². The number of hydrogen-bond acceptors (Lipinski definition) is 3. The minimum absolute atomic E-state index is 0.163. The van der Waals surface area contributed by atoms with Gasteiger partial charge in [0, 0.05) is 0 Å². The van der Waals surface area contributed by atoms with Crippen molar-refractivity contribution in [3.63, 3.8) is 0 Å². The van der Waals surface area contributed by atoms with Crippen LogP contribution >= 0.6 is 7.60 Å². The zero-order valence-corrected chi connectivity index (χ0v) is 35.8. The summed E-state index contributed by atoms with van der Waals surface area (Å²) in [6.07, 6.45) is 40.1. The van der Waals surface area contributed by atoms with E-state index in [-0.39, 0.29) is 6.16 Å². The molecule has 0 radical (unpaired) electrons. The van der Waals surface area contributed by atoms with Gasteiger partial charge in [-0.2, -0.15) is 0 Å². The largest absolute Gasteiger partial charge is 0.811 e. The first-order valence-corrected chi connectivity index (χ1v) is 23.0. The second-order valence-corrected chi connectivity index (χ2v) is 18.6. The maximum absolute atomic E-state index is 10.3. The molecule has 0 aliphatic rings. The van der Waals surface area contributed by atoms with Gasteiger partial charge in [-0.05, 0) is 38.3 Å². The minimum atomic E-state index is -4.24. The molecular formula is C42H93N2O3P. The van der Waals surface area contributed by atoms with Crippen molar-refractivity contribution < 1.29 is 23.3 Å². The van der Waals surface area contributed by atoms with Gasteiger partial charge in [0.25, 0.3) is 0 Å². The van der Waals surface area contributed by atoms with Crippen LogP contribution in [0.1, 0.15) is 213 Å². The fourth-order valence-corrected chi connectivity index (χ4v) is 6.55. The average molecular weight is 705 g/mol. The second-order valence-electron chi connectivity index (χ2n) is 16.9. The standard InChI is InChI=1S/2C15H34N.C12H27O3P/c2*1-5-6-7-8-9-10-11-12-13-14-15-16(2,3)4;1-2-3-4-5-6-7-8-9-10-11-12-16(13,14)15/h2*5-15H2,1-4H3;2-12H2,1H3,(H2,13,14,15)/q2*+1;/p-2. The van der Waals surface area contributed by atoms with Gasteiger partial charge >= 0.3 is 0 Å². The maximum atomic E-state index is 10.3. The van der Waals surface area contributed by atoms with Crippen LogP contribution in [0.4, 0.5) is 0 Å². The van der Waals surface area contributed by atoms with Crippen LogP contribution in [0, 0.1) is 0 Å². The summed E-state index contributed by atoms with van der Waals surface area (Å²) in [5, 5.41) is 0. The molecule has 0 saturated heterocycles. The fraction of sp³-hybridized carbons (Fsp3) is 1.00. The Morgan fingerprint density at radius 1 is 0.333 bits per heavy atom. The molecule has 0 atom stereocenters. The molecule has 0 N–H and O–H groups in total. The quantitative estimate of drug-likeness (QED) is 0.0388. The van der Waals surface area contributed by atoms with Gasteiger partial charge in [-0.15, -0.1) is 0 Å². The first kappa shape index (κ1) is 52.4. The highest BCUT2D eigenvalue weighted by molar-refractivity contribution is 7.48. The van der Waals surface area contributed by atoms with Crippen molar-refractivity contribution in [3.8, 4) is 0 Å². The molecule has 0 fully saturated rings. The Labute approximate surface area is 305 Å². The van der Waals surface area contributed by atoms with Gasteiger partial charge in [-0.3, -0.25) is 0 Å². The number of quaternary nitrogens is 2. The molecule has 48 heavy (non-hydrogen) atoms. The summed E-state index contributed by atoms with van der Waals surface area (Å²) < 4.78 is 12.6. The van der Waals surface area contributed by atoms with Crippen LogP contribution < -0.4 is 9.79 Å². The Balaban J connectivity index is -0.000000633. The second kappa shape index (κ2) is 38.3. The Kier molecular flexibility index (Phi) is 41.8. The van der Waals surface area contributed by atoms with E-state index in [9.17, 15) is 14.4 Å². The van der Waals surface area contributed by atoms with Crippen molar-refractivity contribution in [1.29, 1.82) is 0 Å². The monoisotopic (exact) mass is 705 g/mol. The molecule has 6 heteroatoms. The highest BCUT2D eigenvalue weighted by Gasteiger charge is 2.06. The van der Waals surface area contributed by atoms with E-state index < -0.39 is 7.60 Å². The first-order chi connectivity index (χ1) is 22.7.